The van der Waals surface area contributed by atoms with E-state index in [1.165, 1.54) is 20.3 Å². The fourth-order valence-electron chi connectivity index (χ4n) is 1.92. The molecule has 126 valence electrons. The molecule has 0 saturated carbocycles. The number of rotatable bonds is 6. The molecule has 0 aromatic heterocycles. The van der Waals surface area contributed by atoms with Gasteiger partial charge >= 0.3 is 140 Å². The molecule has 1 aromatic carbocycles. The van der Waals surface area contributed by atoms with E-state index in [9.17, 15) is 14.4 Å². The summed E-state index contributed by atoms with van der Waals surface area (Å²) in [6, 6.07) is 4.70. The van der Waals surface area contributed by atoms with Crippen LogP contribution in [0, 0.1) is 0 Å². The third kappa shape index (κ3) is 4.81. The molecule has 23 heavy (non-hydrogen) atoms. The fourth-order valence-corrected chi connectivity index (χ4v) is 11.2. The van der Waals surface area contributed by atoms with Crippen LogP contribution in [0.5, 0.6) is 11.5 Å². The summed E-state index contributed by atoms with van der Waals surface area (Å²) in [6.07, 6.45) is 0. The second-order valence-electron chi connectivity index (χ2n) is 4.38. The van der Waals surface area contributed by atoms with E-state index in [2.05, 4.69) is 0 Å². The molecule has 1 aromatic rings. The van der Waals surface area contributed by atoms with E-state index < -0.39 is 40.4 Å². The number of carbonyl (C=O) groups is 3. The maximum absolute atomic E-state index is 11.5. The van der Waals surface area contributed by atoms with Crippen molar-refractivity contribution < 1.29 is 31.9 Å². The number of methoxy groups -OCH3 is 2. The second kappa shape index (κ2) is 8.13. The van der Waals surface area contributed by atoms with Gasteiger partial charge in [-0.3, -0.25) is 0 Å². The van der Waals surface area contributed by atoms with Crippen LogP contribution in [0.25, 0.3) is 0 Å². The van der Waals surface area contributed by atoms with Crippen molar-refractivity contribution in [2.45, 2.75) is 20.8 Å². The molecular formula is C14H18O8Pb. The molecule has 0 aliphatic rings. The summed E-state index contributed by atoms with van der Waals surface area (Å²) >= 11 is -5.32. The number of ether oxygens (including phenoxy) is 2. The van der Waals surface area contributed by atoms with E-state index in [0.29, 0.717) is 5.75 Å². The monoisotopic (exact) mass is 522 g/mol. The van der Waals surface area contributed by atoms with Gasteiger partial charge < -0.3 is 0 Å². The topological polar surface area (TPSA) is 97.4 Å². The van der Waals surface area contributed by atoms with Gasteiger partial charge in [-0.25, -0.2) is 0 Å². The number of benzene rings is 1. The standard InChI is InChI=1S/C8H9O2.3C2H4O2.Pb/c1-9-7-5-3-4-6-8(7)10-2;3*1-2(3)4;/h3-5H,1-2H3;3*1H3,(H,3,4);/q;;;;+3/p-3. The molecular weight excluding hydrogens is 503 g/mol. The Morgan fingerprint density at radius 2 is 1.30 bits per heavy atom. The molecule has 0 aliphatic heterocycles. The predicted octanol–water partition coefficient (Wildman–Crippen LogP) is 0.539. The molecule has 0 radical (unpaired) electrons. The SMILES string of the molecule is COc1ccc[c]([Pb]([O]C(C)=O)([O]C(C)=O)[O]C(C)=O)c1OC. The molecule has 0 aliphatic carbocycles. The van der Waals surface area contributed by atoms with Crippen molar-refractivity contribution in [3.8, 4) is 11.5 Å². The molecule has 9 heteroatoms. The van der Waals surface area contributed by atoms with Gasteiger partial charge in [0.15, 0.2) is 0 Å². The first-order valence-corrected chi connectivity index (χ1v) is 13.3. The number of hydrogen-bond donors (Lipinski definition) is 0. The van der Waals surface area contributed by atoms with Crippen molar-refractivity contribution in [3.63, 3.8) is 0 Å². The van der Waals surface area contributed by atoms with Gasteiger partial charge in [0.1, 0.15) is 0 Å². The first kappa shape index (κ1) is 19.2. The average molecular weight is 521 g/mol. The van der Waals surface area contributed by atoms with Crippen molar-refractivity contribution in [1.82, 2.24) is 0 Å². The Morgan fingerprint density at radius 3 is 1.65 bits per heavy atom. The van der Waals surface area contributed by atoms with Gasteiger partial charge in [-0.05, 0) is 0 Å². The van der Waals surface area contributed by atoms with Crippen molar-refractivity contribution in [2.24, 2.45) is 0 Å². The van der Waals surface area contributed by atoms with Gasteiger partial charge in [-0.2, -0.15) is 0 Å². The molecule has 0 amide bonds. The minimum atomic E-state index is -5.32. The van der Waals surface area contributed by atoms with Crippen LogP contribution in [-0.4, -0.2) is 54.7 Å². The van der Waals surface area contributed by atoms with Gasteiger partial charge in [0, 0.05) is 0 Å². The molecule has 1 rings (SSSR count). The Kier molecular flexibility index (Phi) is 6.79. The number of hydrogen-bond acceptors (Lipinski definition) is 8. The van der Waals surface area contributed by atoms with Crippen molar-refractivity contribution in [2.75, 3.05) is 14.2 Å². The maximum atomic E-state index is 11.5. The Labute approximate surface area is 140 Å². The van der Waals surface area contributed by atoms with Gasteiger partial charge in [-0.15, -0.1) is 0 Å². The quantitative estimate of drug-likeness (QED) is 0.501. The summed E-state index contributed by atoms with van der Waals surface area (Å²) in [5, 5.41) is 0. The van der Waals surface area contributed by atoms with E-state index in [1.807, 2.05) is 0 Å². The third-order valence-electron chi connectivity index (χ3n) is 2.57. The summed E-state index contributed by atoms with van der Waals surface area (Å²) in [4.78, 5) is 34.6. The van der Waals surface area contributed by atoms with Gasteiger partial charge in [0.2, 0.25) is 0 Å². The van der Waals surface area contributed by atoms with E-state index >= 15 is 0 Å². The van der Waals surface area contributed by atoms with Crippen LogP contribution in [0.15, 0.2) is 18.2 Å². The number of carbonyl (C=O) groups excluding carboxylic acids is 3. The summed E-state index contributed by atoms with van der Waals surface area (Å²) < 4.78 is 26.4. The zero-order valence-electron chi connectivity index (χ0n) is 13.5. The molecule has 0 spiro atoms. The zero-order chi connectivity index (χ0) is 17.6. The molecule has 0 bridgehead atoms. The van der Waals surface area contributed by atoms with Crippen molar-refractivity contribution in [3.05, 3.63) is 18.2 Å². The molecule has 0 fully saturated rings. The summed E-state index contributed by atoms with van der Waals surface area (Å²) in [5.74, 6) is -1.71. The normalized spacial score (nSPS) is 10.5. The van der Waals surface area contributed by atoms with Crippen LogP contribution in [0.2, 0.25) is 0 Å². The molecule has 0 N–H and O–H groups in total. The van der Waals surface area contributed by atoms with Crippen LogP contribution < -0.4 is 12.6 Å². The van der Waals surface area contributed by atoms with E-state index in [4.69, 9.17) is 17.5 Å². The van der Waals surface area contributed by atoms with E-state index in [1.54, 1.807) is 12.1 Å². The van der Waals surface area contributed by atoms with Crippen LogP contribution >= 0.6 is 0 Å². The molecule has 0 heterocycles. The fraction of sp³-hybridized carbons (Fsp3) is 0.357. The Balaban J connectivity index is 3.62. The predicted molar refractivity (Wildman–Crippen MR) is 80.2 cm³/mol. The van der Waals surface area contributed by atoms with Crippen molar-refractivity contribution in [1.29, 1.82) is 0 Å². The first-order valence-electron chi connectivity index (χ1n) is 6.56. The first-order chi connectivity index (χ1) is 10.8. The van der Waals surface area contributed by atoms with Crippen molar-refractivity contribution >= 4 is 43.6 Å². The van der Waals surface area contributed by atoms with Crippen LogP contribution in [0.4, 0.5) is 0 Å². The van der Waals surface area contributed by atoms with Crippen LogP contribution in [-0.2, 0) is 22.4 Å². The molecule has 0 atom stereocenters. The summed E-state index contributed by atoms with van der Waals surface area (Å²) in [5.41, 5.74) is 0. The Hall–Kier alpha value is -1.85. The second-order valence-corrected chi connectivity index (χ2v) is 13.2. The van der Waals surface area contributed by atoms with Gasteiger partial charge in [0.25, 0.3) is 0 Å². The number of para-hydroxylation sites is 1. The van der Waals surface area contributed by atoms with E-state index in [-0.39, 0.29) is 8.87 Å². The van der Waals surface area contributed by atoms with Crippen LogP contribution in [0.3, 0.4) is 0 Å². The van der Waals surface area contributed by atoms with Gasteiger partial charge in [-0.1, -0.05) is 0 Å². The summed E-state index contributed by atoms with van der Waals surface area (Å²) in [6.45, 7) is 3.40. The summed E-state index contributed by atoms with van der Waals surface area (Å²) in [7, 11) is 2.79. The average Bonchev–Trinajstić information content (AvgIpc) is 2.43. The van der Waals surface area contributed by atoms with E-state index in [0.717, 1.165) is 20.8 Å². The molecule has 8 nitrogen and oxygen atoms in total. The Bertz CT molecular complexity index is 572. The zero-order valence-corrected chi connectivity index (χ0v) is 17.4. The minimum absolute atomic E-state index is 0.181. The van der Waals surface area contributed by atoms with Gasteiger partial charge in [0.05, 0.1) is 0 Å². The van der Waals surface area contributed by atoms with Crippen LogP contribution in [0.1, 0.15) is 20.8 Å². The molecule has 0 saturated heterocycles. The molecule has 0 unspecified atom stereocenters. The third-order valence-corrected chi connectivity index (χ3v) is 13.1. The Morgan fingerprint density at radius 1 is 0.826 bits per heavy atom.